The first-order valence-corrected chi connectivity index (χ1v) is 22.1. The lowest BCUT2D eigenvalue weighted by molar-refractivity contribution is -0.157. The normalized spacial score (nSPS) is 12.5. The Kier molecular flexibility index (Phi) is 42.0. The van der Waals surface area contributed by atoms with Gasteiger partial charge < -0.3 is 58.4 Å². The van der Waals surface area contributed by atoms with Crippen LogP contribution in [0.25, 0.3) is 0 Å². The molecule has 366 valence electrons. The predicted molar refractivity (Wildman–Crippen MR) is 244 cm³/mol. The van der Waals surface area contributed by atoms with Gasteiger partial charge in [-0.25, -0.2) is 0 Å². The van der Waals surface area contributed by atoms with Crippen LogP contribution in [0.4, 0.5) is 0 Å². The van der Waals surface area contributed by atoms with E-state index in [1.54, 1.807) is 20.8 Å². The predicted octanol–water partition coefficient (Wildman–Crippen LogP) is 7.59. The standard InChI is InChI=1S/C33H64N2O12.C6H12O.C5H12.C2H6/c1-8-14-43-25-33(27-45-17-12-30(38)47-32(5,6)7,26-44-15-9-10-29(37)46-31(2,3)4)35-28(36)11-16-39-19-21-41-23-24-42-22-20-40-18-13-34;1-5-7-6(2,3)4;1-5(2,3)4;1-2/h8-27,34H2,1-7H3,(H,35,36);5H,1H2,2-4H3;1-4H3;1-2H3. The van der Waals surface area contributed by atoms with Crippen LogP contribution < -0.4 is 11.1 Å². The smallest absolute Gasteiger partial charge is 0.308 e. The van der Waals surface area contributed by atoms with Gasteiger partial charge in [0.05, 0.1) is 97.6 Å². The second kappa shape index (κ2) is 39.2. The minimum Gasteiger partial charge on any atom is -0.496 e. The Morgan fingerprint density at radius 1 is 0.525 bits per heavy atom. The highest BCUT2D eigenvalue weighted by atomic mass is 16.6. The molecule has 15 heteroatoms. The van der Waals surface area contributed by atoms with E-state index in [9.17, 15) is 14.4 Å². The SMILES string of the molecule is C=COC(C)(C)C.CC.CC(C)(C)C.CCCOCC(COCCCC(=O)OC(C)(C)C)(COCCC(=O)OC(C)(C)C)NC(=O)CCOCCOCCOCCOCCN. The molecule has 0 aromatic carbocycles. The molecule has 15 nitrogen and oxygen atoms in total. The second-order valence-corrected chi connectivity index (χ2v) is 18.4. The number of hydrogen-bond acceptors (Lipinski definition) is 14. The van der Waals surface area contributed by atoms with Gasteiger partial charge in [-0.2, -0.15) is 0 Å². The molecule has 3 N–H and O–H groups in total. The third-order valence-corrected chi connectivity index (χ3v) is 6.14. The van der Waals surface area contributed by atoms with E-state index < -0.39 is 16.7 Å². The summed E-state index contributed by atoms with van der Waals surface area (Å²) in [6.45, 7) is 39.7. The van der Waals surface area contributed by atoms with E-state index in [1.165, 1.54) is 6.26 Å². The zero-order valence-corrected chi connectivity index (χ0v) is 41.8. The lowest BCUT2D eigenvalue weighted by Gasteiger charge is -2.34. The van der Waals surface area contributed by atoms with Crippen LogP contribution in [0.15, 0.2) is 12.8 Å². The molecule has 0 heterocycles. The fraction of sp³-hybridized carbons (Fsp3) is 0.891. The summed E-state index contributed by atoms with van der Waals surface area (Å²) < 4.78 is 55.0. The maximum absolute atomic E-state index is 13.0. The maximum Gasteiger partial charge on any atom is 0.308 e. The summed E-state index contributed by atoms with van der Waals surface area (Å²) in [7, 11) is 0. The van der Waals surface area contributed by atoms with Gasteiger partial charge in [0.15, 0.2) is 0 Å². The minimum atomic E-state index is -1.04. The number of hydrogen-bond donors (Lipinski definition) is 2. The highest BCUT2D eigenvalue weighted by Gasteiger charge is 2.34. The van der Waals surface area contributed by atoms with E-state index in [4.69, 9.17) is 53.1 Å². The molecule has 0 saturated carbocycles. The molecule has 1 atom stereocenters. The van der Waals surface area contributed by atoms with Gasteiger partial charge in [0.2, 0.25) is 5.91 Å². The molecule has 0 saturated heterocycles. The van der Waals surface area contributed by atoms with Crippen LogP contribution in [-0.4, -0.2) is 139 Å². The Labute approximate surface area is 372 Å². The molecule has 0 radical (unpaired) electrons. The molecule has 0 aromatic heterocycles. The zero-order chi connectivity index (χ0) is 47.9. The fourth-order valence-corrected chi connectivity index (χ4v) is 4.06. The Bertz CT molecular complexity index is 1040. The van der Waals surface area contributed by atoms with Crippen molar-refractivity contribution in [1.29, 1.82) is 0 Å². The summed E-state index contributed by atoms with van der Waals surface area (Å²) in [5.41, 5.74) is 3.60. The van der Waals surface area contributed by atoms with Gasteiger partial charge in [0.1, 0.15) is 16.7 Å². The number of esters is 2. The molecule has 0 bridgehead atoms. The Hall–Kier alpha value is -2.37. The number of nitrogens with one attached hydrogen (secondary N) is 1. The molecule has 61 heavy (non-hydrogen) atoms. The average Bonchev–Trinajstić information content (AvgIpc) is 3.10. The number of carbonyl (C=O) groups is 3. The van der Waals surface area contributed by atoms with Crippen LogP contribution in [0.3, 0.4) is 0 Å². The molecule has 1 unspecified atom stereocenters. The van der Waals surface area contributed by atoms with Crippen LogP contribution >= 0.6 is 0 Å². The van der Waals surface area contributed by atoms with Crippen molar-refractivity contribution in [3.8, 4) is 0 Å². The van der Waals surface area contributed by atoms with Crippen molar-refractivity contribution >= 4 is 17.8 Å². The number of carbonyl (C=O) groups excluding carboxylic acids is 3. The van der Waals surface area contributed by atoms with E-state index in [0.717, 1.165) is 6.42 Å². The zero-order valence-electron chi connectivity index (χ0n) is 41.8. The van der Waals surface area contributed by atoms with Gasteiger partial charge in [-0.1, -0.05) is 55.0 Å². The molecule has 0 spiro atoms. The molecule has 0 aliphatic carbocycles. The lowest BCUT2D eigenvalue weighted by atomic mass is 10.0. The van der Waals surface area contributed by atoms with E-state index >= 15 is 0 Å². The van der Waals surface area contributed by atoms with E-state index in [-0.39, 0.29) is 82.4 Å². The van der Waals surface area contributed by atoms with Crippen molar-refractivity contribution in [2.45, 2.75) is 165 Å². The Morgan fingerprint density at radius 2 is 0.902 bits per heavy atom. The summed E-state index contributed by atoms with van der Waals surface area (Å²) in [6, 6.07) is 0. The molecule has 0 rings (SSSR count). The lowest BCUT2D eigenvalue weighted by Crippen LogP contribution is -2.58. The molecule has 0 fully saturated rings. The van der Waals surface area contributed by atoms with Crippen molar-refractivity contribution in [3.63, 3.8) is 0 Å². The van der Waals surface area contributed by atoms with Crippen molar-refractivity contribution in [2.24, 2.45) is 11.1 Å². The second-order valence-electron chi connectivity index (χ2n) is 18.4. The van der Waals surface area contributed by atoms with Gasteiger partial charge in [-0.3, -0.25) is 14.4 Å². The molecule has 0 aliphatic rings. The third-order valence-electron chi connectivity index (χ3n) is 6.14. The first-order valence-electron chi connectivity index (χ1n) is 22.1. The summed E-state index contributed by atoms with van der Waals surface area (Å²) in [5.74, 6) is -0.959. The van der Waals surface area contributed by atoms with Gasteiger partial charge in [-0.15, -0.1) is 0 Å². The van der Waals surface area contributed by atoms with Crippen molar-refractivity contribution in [2.75, 3.05) is 99.0 Å². The van der Waals surface area contributed by atoms with Crippen molar-refractivity contribution in [3.05, 3.63) is 12.8 Å². The third kappa shape index (κ3) is 59.8. The van der Waals surface area contributed by atoms with E-state index in [2.05, 4.69) is 39.6 Å². The first-order chi connectivity index (χ1) is 28.3. The number of nitrogens with two attached hydrogens (primary N) is 1. The minimum absolute atomic E-state index is 0.0350. The number of amides is 1. The topological polar surface area (TPSA) is 182 Å². The van der Waals surface area contributed by atoms with Crippen LogP contribution in [0.2, 0.25) is 0 Å². The van der Waals surface area contributed by atoms with Crippen LogP contribution in [0, 0.1) is 5.41 Å². The van der Waals surface area contributed by atoms with Crippen molar-refractivity contribution < 1.29 is 61.8 Å². The fourth-order valence-electron chi connectivity index (χ4n) is 4.06. The summed E-state index contributed by atoms with van der Waals surface area (Å²) >= 11 is 0. The summed E-state index contributed by atoms with van der Waals surface area (Å²) in [5, 5.41) is 3.02. The van der Waals surface area contributed by atoms with Crippen LogP contribution in [-0.2, 0) is 61.8 Å². The van der Waals surface area contributed by atoms with E-state index in [0.29, 0.717) is 71.2 Å². The van der Waals surface area contributed by atoms with Crippen LogP contribution in [0.1, 0.15) is 143 Å². The van der Waals surface area contributed by atoms with E-state index in [1.807, 2.05) is 62.3 Å². The van der Waals surface area contributed by atoms with Gasteiger partial charge in [-0.05, 0) is 80.6 Å². The Balaban J connectivity index is -0.000000993. The van der Waals surface area contributed by atoms with Gasteiger partial charge in [0, 0.05) is 32.6 Å². The quantitative estimate of drug-likeness (QED) is 0.0395. The Morgan fingerprint density at radius 3 is 1.28 bits per heavy atom. The molecular weight excluding hydrogens is 789 g/mol. The summed E-state index contributed by atoms with van der Waals surface area (Å²) in [6.07, 6.45) is 3.04. The number of rotatable bonds is 31. The van der Waals surface area contributed by atoms with Crippen LogP contribution in [0.5, 0.6) is 0 Å². The average molecular weight is 883 g/mol. The van der Waals surface area contributed by atoms with Gasteiger partial charge in [0.25, 0.3) is 0 Å². The van der Waals surface area contributed by atoms with Gasteiger partial charge >= 0.3 is 11.9 Å². The highest BCUT2D eigenvalue weighted by molar-refractivity contribution is 5.77. The molecule has 0 aliphatic heterocycles. The van der Waals surface area contributed by atoms with Crippen molar-refractivity contribution in [1.82, 2.24) is 5.32 Å². The molecule has 0 aromatic rings. The maximum atomic E-state index is 13.0. The highest BCUT2D eigenvalue weighted by Crippen LogP contribution is 2.14. The number of ether oxygens (including phenoxy) is 10. The largest absolute Gasteiger partial charge is 0.496 e. The summed E-state index contributed by atoms with van der Waals surface area (Å²) in [4.78, 5) is 37.3. The molecular formula is C46H94N2O13. The molecule has 1 amide bonds. The first kappa shape index (κ1) is 65.2. The monoisotopic (exact) mass is 883 g/mol.